The normalized spacial score (nSPS) is 18.3. The summed E-state index contributed by atoms with van der Waals surface area (Å²) in [5.74, 6) is -3.33. The van der Waals surface area contributed by atoms with E-state index >= 15 is 0 Å². The van der Waals surface area contributed by atoms with E-state index < -0.39 is 35.0 Å². The minimum Gasteiger partial charge on any atom is -0.391 e. The number of carbonyl (C=O) groups excluding carboxylic acids is 2. The standard InChI is InChI=1S/C32H40ClF2N3O3/c1-4-9-38(10-5-2)30(40)24-11-21(3)17-32(18-24,31(36)41)28(15-23-13-26(34)16-27(35)14-23)29(39)20-37-19-22-7-6-8-25(33)12-22/h6-8,11-14,16-17,28-29,37,39H,4-5,9-10,15,18-20H2,1-3H3,(H2,36,41)/t28-,29+,32?/m1/s1. The Balaban J connectivity index is 1.98. The second-order valence-corrected chi connectivity index (χ2v) is 11.3. The molecule has 1 aliphatic carbocycles. The average Bonchev–Trinajstić information content (AvgIpc) is 2.90. The van der Waals surface area contributed by atoms with Gasteiger partial charge in [-0.05, 0) is 68.0 Å². The molecule has 3 rings (SSSR count). The third-order valence-electron chi connectivity index (χ3n) is 7.45. The van der Waals surface area contributed by atoms with Crippen LogP contribution in [0.25, 0.3) is 0 Å². The van der Waals surface area contributed by atoms with Crippen molar-refractivity contribution in [3.05, 3.63) is 93.5 Å². The van der Waals surface area contributed by atoms with Crippen molar-refractivity contribution in [2.75, 3.05) is 19.6 Å². The van der Waals surface area contributed by atoms with Crippen LogP contribution in [-0.4, -0.2) is 47.6 Å². The maximum Gasteiger partial charge on any atom is 0.249 e. The number of benzene rings is 2. The molecule has 0 spiro atoms. The summed E-state index contributed by atoms with van der Waals surface area (Å²) < 4.78 is 28.3. The fourth-order valence-corrected chi connectivity index (χ4v) is 5.92. The molecule has 0 bridgehead atoms. The molecule has 3 atom stereocenters. The van der Waals surface area contributed by atoms with Crippen molar-refractivity contribution < 1.29 is 23.5 Å². The Labute approximate surface area is 246 Å². The molecule has 0 fully saturated rings. The number of allylic oxidation sites excluding steroid dienone is 2. The second-order valence-electron chi connectivity index (χ2n) is 10.8. The molecule has 1 aliphatic rings. The quantitative estimate of drug-likeness (QED) is 0.279. The van der Waals surface area contributed by atoms with Crippen molar-refractivity contribution >= 4 is 23.4 Å². The number of aliphatic hydroxyl groups excluding tert-OH is 1. The number of nitrogens with zero attached hydrogens (tertiary/aromatic N) is 1. The van der Waals surface area contributed by atoms with Gasteiger partial charge in [0.15, 0.2) is 0 Å². The summed E-state index contributed by atoms with van der Waals surface area (Å²) in [6.45, 7) is 7.34. The number of nitrogens with two attached hydrogens (primary N) is 1. The van der Waals surface area contributed by atoms with Gasteiger partial charge in [-0.15, -0.1) is 0 Å². The highest BCUT2D eigenvalue weighted by molar-refractivity contribution is 6.30. The van der Waals surface area contributed by atoms with E-state index in [-0.39, 0.29) is 30.9 Å². The molecule has 2 aromatic carbocycles. The molecule has 0 saturated heterocycles. The minimum atomic E-state index is -1.48. The predicted octanol–water partition coefficient (Wildman–Crippen LogP) is 5.32. The summed E-state index contributed by atoms with van der Waals surface area (Å²) in [6, 6.07) is 10.4. The molecular weight excluding hydrogens is 548 g/mol. The summed E-state index contributed by atoms with van der Waals surface area (Å²) in [5.41, 5.74) is 6.84. The first-order chi connectivity index (χ1) is 19.5. The first-order valence-corrected chi connectivity index (χ1v) is 14.4. The van der Waals surface area contributed by atoms with Crippen molar-refractivity contribution in [2.24, 2.45) is 17.1 Å². The first-order valence-electron chi connectivity index (χ1n) is 14.1. The number of primary amides is 1. The zero-order valence-corrected chi connectivity index (χ0v) is 24.7. The molecule has 0 heterocycles. The Kier molecular flexibility index (Phi) is 11.6. The third-order valence-corrected chi connectivity index (χ3v) is 7.69. The molecule has 0 aliphatic heterocycles. The number of halogens is 3. The van der Waals surface area contributed by atoms with Crippen LogP contribution < -0.4 is 11.1 Å². The van der Waals surface area contributed by atoms with Gasteiger partial charge in [0, 0.05) is 48.8 Å². The summed E-state index contributed by atoms with van der Waals surface area (Å²) in [7, 11) is 0. The van der Waals surface area contributed by atoms with Gasteiger partial charge in [0.05, 0.1) is 11.5 Å². The minimum absolute atomic E-state index is 0.0315. The molecule has 222 valence electrons. The number of nitrogens with one attached hydrogen (secondary N) is 1. The van der Waals surface area contributed by atoms with Crippen LogP contribution in [0.15, 0.2) is 65.8 Å². The van der Waals surface area contributed by atoms with Crippen molar-refractivity contribution in [3.63, 3.8) is 0 Å². The number of aliphatic hydroxyl groups is 1. The van der Waals surface area contributed by atoms with Crippen LogP contribution >= 0.6 is 11.6 Å². The molecule has 1 unspecified atom stereocenters. The molecule has 6 nitrogen and oxygen atoms in total. The first kappa shape index (κ1) is 32.4. The molecule has 2 amide bonds. The van der Waals surface area contributed by atoms with E-state index in [1.165, 1.54) is 12.1 Å². The monoisotopic (exact) mass is 587 g/mol. The van der Waals surface area contributed by atoms with E-state index in [1.807, 2.05) is 26.0 Å². The highest BCUT2D eigenvalue weighted by atomic mass is 35.5. The smallest absolute Gasteiger partial charge is 0.249 e. The van der Waals surface area contributed by atoms with Gasteiger partial charge in [0.1, 0.15) is 11.6 Å². The molecule has 0 radical (unpaired) electrons. The van der Waals surface area contributed by atoms with Crippen molar-refractivity contribution in [1.82, 2.24) is 10.2 Å². The van der Waals surface area contributed by atoms with Gasteiger partial charge in [-0.1, -0.05) is 55.3 Å². The van der Waals surface area contributed by atoms with E-state index in [0.29, 0.717) is 35.8 Å². The number of hydrogen-bond acceptors (Lipinski definition) is 4. The van der Waals surface area contributed by atoms with Crippen molar-refractivity contribution in [1.29, 1.82) is 0 Å². The van der Waals surface area contributed by atoms with Crippen LogP contribution in [0, 0.1) is 23.0 Å². The van der Waals surface area contributed by atoms with E-state index in [1.54, 1.807) is 36.1 Å². The molecule has 0 aromatic heterocycles. The SMILES string of the molecule is CCCN(CCC)C(=O)C1=CC(C)=CC(C(N)=O)([C@H](Cc2cc(F)cc(F)c2)[C@@H](O)CNCc2cccc(Cl)c2)C1. The molecule has 2 aromatic rings. The lowest BCUT2D eigenvalue weighted by atomic mass is 9.63. The maximum absolute atomic E-state index is 14.2. The van der Waals surface area contributed by atoms with Gasteiger partial charge in [-0.2, -0.15) is 0 Å². The van der Waals surface area contributed by atoms with E-state index in [4.69, 9.17) is 17.3 Å². The van der Waals surface area contributed by atoms with Crippen molar-refractivity contribution in [2.45, 2.75) is 59.1 Å². The van der Waals surface area contributed by atoms with Gasteiger partial charge in [-0.25, -0.2) is 8.78 Å². The van der Waals surface area contributed by atoms with Gasteiger partial charge < -0.3 is 21.1 Å². The van der Waals surface area contributed by atoms with Crippen LogP contribution in [0.1, 0.15) is 51.2 Å². The highest BCUT2D eigenvalue weighted by Gasteiger charge is 2.48. The Morgan fingerprint density at radius 2 is 1.76 bits per heavy atom. The average molecular weight is 588 g/mol. The number of carbonyl (C=O) groups is 2. The molecule has 9 heteroatoms. The third kappa shape index (κ3) is 8.47. The van der Waals surface area contributed by atoms with Gasteiger partial charge >= 0.3 is 0 Å². The molecular formula is C32H40ClF2N3O3. The van der Waals surface area contributed by atoms with Crippen LogP contribution in [0.4, 0.5) is 8.78 Å². The van der Waals surface area contributed by atoms with E-state index in [9.17, 15) is 23.5 Å². The zero-order valence-electron chi connectivity index (χ0n) is 23.9. The number of amides is 2. The van der Waals surface area contributed by atoms with E-state index in [2.05, 4.69) is 5.32 Å². The topological polar surface area (TPSA) is 95.7 Å². The van der Waals surface area contributed by atoms with Gasteiger partial charge in [-0.3, -0.25) is 9.59 Å². The van der Waals surface area contributed by atoms with Crippen LogP contribution in [0.5, 0.6) is 0 Å². The lowest BCUT2D eigenvalue weighted by molar-refractivity contribution is -0.132. The summed E-state index contributed by atoms with van der Waals surface area (Å²) in [6.07, 6.45) is 3.77. The Morgan fingerprint density at radius 1 is 1.10 bits per heavy atom. The molecule has 4 N–H and O–H groups in total. The van der Waals surface area contributed by atoms with E-state index in [0.717, 1.165) is 24.5 Å². The van der Waals surface area contributed by atoms with Crippen LogP contribution in [0.2, 0.25) is 5.02 Å². The largest absolute Gasteiger partial charge is 0.391 e. The Morgan fingerprint density at radius 3 is 2.34 bits per heavy atom. The van der Waals surface area contributed by atoms with Crippen LogP contribution in [-0.2, 0) is 22.6 Å². The lowest BCUT2D eigenvalue weighted by Crippen LogP contribution is -2.51. The summed E-state index contributed by atoms with van der Waals surface area (Å²) >= 11 is 6.09. The Bertz CT molecular complexity index is 1270. The zero-order chi connectivity index (χ0) is 30.2. The molecule has 41 heavy (non-hydrogen) atoms. The number of hydrogen-bond donors (Lipinski definition) is 3. The van der Waals surface area contributed by atoms with Crippen molar-refractivity contribution in [3.8, 4) is 0 Å². The van der Waals surface area contributed by atoms with Gasteiger partial charge in [0.25, 0.3) is 0 Å². The molecule has 0 saturated carbocycles. The maximum atomic E-state index is 14.2. The highest BCUT2D eigenvalue weighted by Crippen LogP contribution is 2.44. The van der Waals surface area contributed by atoms with Crippen LogP contribution in [0.3, 0.4) is 0 Å². The lowest BCUT2D eigenvalue weighted by Gasteiger charge is -2.42. The predicted molar refractivity (Wildman–Crippen MR) is 158 cm³/mol. The van der Waals surface area contributed by atoms with Gasteiger partial charge in [0.2, 0.25) is 11.8 Å². The fraction of sp³-hybridized carbons (Fsp3) is 0.438. The Hall–Kier alpha value is -3.07. The second kappa shape index (κ2) is 14.7. The number of rotatable bonds is 14. The summed E-state index contributed by atoms with van der Waals surface area (Å²) in [4.78, 5) is 28.7. The fourth-order valence-electron chi connectivity index (χ4n) is 5.71. The summed E-state index contributed by atoms with van der Waals surface area (Å²) in [5, 5.41) is 15.3.